The molecular weight excluding hydrogens is 386 g/mol. The SMILES string of the molecule is COc1cc(/C=C/C(=O)OCC(=O)N(C2CC2)[C@@H]2CCS(=O)(=O)C2)ccc1O. The van der Waals surface area contributed by atoms with E-state index in [2.05, 4.69) is 0 Å². The number of esters is 1. The number of sulfone groups is 1. The van der Waals surface area contributed by atoms with E-state index in [0.717, 1.165) is 12.8 Å². The average Bonchev–Trinajstić information content (AvgIpc) is 3.42. The Morgan fingerprint density at radius 3 is 2.61 bits per heavy atom. The Morgan fingerprint density at radius 1 is 1.25 bits per heavy atom. The van der Waals surface area contributed by atoms with Crippen LogP contribution >= 0.6 is 0 Å². The third kappa shape index (κ3) is 5.03. The second kappa shape index (κ2) is 8.22. The molecule has 1 aliphatic heterocycles. The molecule has 0 spiro atoms. The lowest BCUT2D eigenvalue weighted by Crippen LogP contribution is -2.44. The molecule has 8 nitrogen and oxygen atoms in total. The lowest BCUT2D eigenvalue weighted by molar-refractivity contribution is -0.149. The number of benzene rings is 1. The molecule has 1 N–H and O–H groups in total. The highest BCUT2D eigenvalue weighted by atomic mass is 32.2. The van der Waals surface area contributed by atoms with Crippen molar-refractivity contribution < 1.29 is 32.6 Å². The summed E-state index contributed by atoms with van der Waals surface area (Å²) in [6.07, 6.45) is 4.79. The fourth-order valence-corrected chi connectivity index (χ4v) is 4.98. The molecule has 1 amide bonds. The first-order valence-electron chi connectivity index (χ1n) is 9.02. The highest BCUT2D eigenvalue weighted by Gasteiger charge is 2.42. The van der Waals surface area contributed by atoms with Crippen molar-refractivity contribution in [3.05, 3.63) is 29.8 Å². The summed E-state index contributed by atoms with van der Waals surface area (Å²) < 4.78 is 33.4. The smallest absolute Gasteiger partial charge is 0.331 e. The van der Waals surface area contributed by atoms with E-state index in [9.17, 15) is 23.1 Å². The molecule has 1 saturated carbocycles. The molecule has 1 aromatic carbocycles. The fourth-order valence-electron chi connectivity index (χ4n) is 3.27. The number of rotatable bonds is 7. The maximum Gasteiger partial charge on any atom is 0.331 e. The van der Waals surface area contributed by atoms with Crippen molar-refractivity contribution in [3.8, 4) is 11.5 Å². The third-order valence-corrected chi connectivity index (χ3v) is 6.53. The first-order valence-corrected chi connectivity index (χ1v) is 10.8. The quantitative estimate of drug-likeness (QED) is 0.531. The molecule has 1 atom stereocenters. The molecule has 2 aliphatic rings. The number of nitrogens with zero attached hydrogens (tertiary/aromatic N) is 1. The molecule has 1 aromatic rings. The largest absolute Gasteiger partial charge is 0.504 e. The van der Waals surface area contributed by atoms with E-state index in [1.54, 1.807) is 17.0 Å². The van der Waals surface area contributed by atoms with Crippen LogP contribution in [0.4, 0.5) is 0 Å². The molecule has 1 aliphatic carbocycles. The van der Waals surface area contributed by atoms with E-state index in [-0.39, 0.29) is 41.0 Å². The molecule has 152 valence electrons. The summed E-state index contributed by atoms with van der Waals surface area (Å²) in [5.41, 5.74) is 0.619. The number of phenolic OH excluding ortho intramolecular Hbond substituents is 1. The summed E-state index contributed by atoms with van der Waals surface area (Å²) in [5, 5.41) is 9.56. The number of hydrogen-bond acceptors (Lipinski definition) is 7. The lowest BCUT2D eigenvalue weighted by atomic mass is 10.2. The number of carbonyl (C=O) groups is 2. The molecule has 0 radical (unpaired) electrons. The van der Waals surface area contributed by atoms with Crippen molar-refractivity contribution in [3.63, 3.8) is 0 Å². The van der Waals surface area contributed by atoms with Gasteiger partial charge in [-0.15, -0.1) is 0 Å². The van der Waals surface area contributed by atoms with E-state index in [4.69, 9.17) is 9.47 Å². The van der Waals surface area contributed by atoms with Crippen LogP contribution in [0.15, 0.2) is 24.3 Å². The van der Waals surface area contributed by atoms with Gasteiger partial charge in [0.25, 0.3) is 5.91 Å². The number of hydrogen-bond donors (Lipinski definition) is 1. The zero-order valence-electron chi connectivity index (χ0n) is 15.5. The fraction of sp³-hybridized carbons (Fsp3) is 0.474. The highest BCUT2D eigenvalue weighted by molar-refractivity contribution is 7.91. The Hall–Kier alpha value is -2.55. The molecule has 0 unspecified atom stereocenters. The Kier molecular flexibility index (Phi) is 5.93. The third-order valence-electron chi connectivity index (χ3n) is 4.78. The summed E-state index contributed by atoms with van der Waals surface area (Å²) in [4.78, 5) is 26.0. The first-order chi connectivity index (χ1) is 13.3. The number of carbonyl (C=O) groups excluding carboxylic acids is 2. The van der Waals surface area contributed by atoms with Crippen LogP contribution in [0.1, 0.15) is 24.8 Å². The van der Waals surface area contributed by atoms with Crippen molar-refractivity contribution in [1.82, 2.24) is 4.90 Å². The van der Waals surface area contributed by atoms with Gasteiger partial charge in [-0.05, 0) is 43.0 Å². The van der Waals surface area contributed by atoms with Crippen molar-refractivity contribution in [2.45, 2.75) is 31.3 Å². The van der Waals surface area contributed by atoms with Gasteiger partial charge < -0.3 is 19.5 Å². The topological polar surface area (TPSA) is 110 Å². The van der Waals surface area contributed by atoms with E-state index in [1.807, 2.05) is 0 Å². The van der Waals surface area contributed by atoms with Gasteiger partial charge in [0.1, 0.15) is 0 Å². The molecule has 0 bridgehead atoms. The van der Waals surface area contributed by atoms with Gasteiger partial charge in [0, 0.05) is 18.2 Å². The van der Waals surface area contributed by atoms with Crippen LogP contribution in [0.3, 0.4) is 0 Å². The first kappa shape index (κ1) is 20.2. The number of amides is 1. The second-order valence-electron chi connectivity index (χ2n) is 6.96. The van der Waals surface area contributed by atoms with Crippen LogP contribution in [0.2, 0.25) is 0 Å². The Morgan fingerprint density at radius 2 is 2.00 bits per heavy atom. The number of methoxy groups -OCH3 is 1. The van der Waals surface area contributed by atoms with E-state index >= 15 is 0 Å². The normalized spacial score (nSPS) is 20.8. The standard InChI is InChI=1S/C19H23NO7S/c1-26-17-10-13(2-6-16(17)21)3-7-19(23)27-11-18(22)20(14-4-5-14)15-8-9-28(24,25)12-15/h2-3,6-7,10,14-15,21H,4-5,8-9,11-12H2,1H3/b7-3+/t15-/m1/s1. The molecule has 1 saturated heterocycles. The van der Waals surface area contributed by atoms with Gasteiger partial charge in [-0.2, -0.15) is 0 Å². The van der Waals surface area contributed by atoms with Crippen LogP contribution in [-0.2, 0) is 24.2 Å². The van der Waals surface area contributed by atoms with Crippen LogP contribution in [0, 0.1) is 0 Å². The minimum Gasteiger partial charge on any atom is -0.504 e. The predicted octanol–water partition coefficient (Wildman–Crippen LogP) is 1.14. The van der Waals surface area contributed by atoms with E-state index in [0.29, 0.717) is 12.0 Å². The predicted molar refractivity (Wildman–Crippen MR) is 102 cm³/mol. The Labute approximate surface area is 163 Å². The lowest BCUT2D eigenvalue weighted by Gasteiger charge is -2.28. The molecular formula is C19H23NO7S. The number of phenols is 1. The van der Waals surface area contributed by atoms with Gasteiger partial charge in [-0.25, -0.2) is 13.2 Å². The van der Waals surface area contributed by atoms with Gasteiger partial charge in [0.15, 0.2) is 27.9 Å². The highest BCUT2D eigenvalue weighted by Crippen LogP contribution is 2.32. The van der Waals surface area contributed by atoms with Gasteiger partial charge in [0.2, 0.25) is 0 Å². The molecule has 1 heterocycles. The van der Waals surface area contributed by atoms with Crippen LogP contribution in [-0.4, -0.2) is 67.6 Å². The molecule has 28 heavy (non-hydrogen) atoms. The van der Waals surface area contributed by atoms with Crippen molar-refractivity contribution >= 4 is 27.8 Å². The Balaban J connectivity index is 1.55. The average molecular weight is 409 g/mol. The van der Waals surface area contributed by atoms with E-state index < -0.39 is 22.4 Å². The summed E-state index contributed by atoms with van der Waals surface area (Å²) >= 11 is 0. The zero-order chi connectivity index (χ0) is 20.3. The number of aromatic hydroxyl groups is 1. The van der Waals surface area contributed by atoms with E-state index in [1.165, 1.54) is 25.3 Å². The zero-order valence-corrected chi connectivity index (χ0v) is 16.4. The van der Waals surface area contributed by atoms with Crippen molar-refractivity contribution in [1.29, 1.82) is 0 Å². The summed E-state index contributed by atoms with van der Waals surface area (Å²) in [6.45, 7) is -0.422. The van der Waals surface area contributed by atoms with Crippen molar-refractivity contribution in [2.75, 3.05) is 25.2 Å². The molecule has 2 fully saturated rings. The minimum absolute atomic E-state index is 0.0121. The molecule has 3 rings (SSSR count). The van der Waals surface area contributed by atoms with Gasteiger partial charge in [-0.1, -0.05) is 6.07 Å². The molecule has 0 aromatic heterocycles. The van der Waals surface area contributed by atoms with Crippen LogP contribution in [0.5, 0.6) is 11.5 Å². The van der Waals surface area contributed by atoms with Gasteiger partial charge in [0.05, 0.1) is 18.6 Å². The summed E-state index contributed by atoms with van der Waals surface area (Å²) in [5.74, 6) is -0.717. The second-order valence-corrected chi connectivity index (χ2v) is 9.19. The maximum absolute atomic E-state index is 12.5. The van der Waals surface area contributed by atoms with Crippen LogP contribution < -0.4 is 4.74 Å². The molecule has 9 heteroatoms. The van der Waals surface area contributed by atoms with Crippen LogP contribution in [0.25, 0.3) is 6.08 Å². The van der Waals surface area contributed by atoms with Gasteiger partial charge >= 0.3 is 5.97 Å². The number of ether oxygens (including phenoxy) is 2. The summed E-state index contributed by atoms with van der Waals surface area (Å²) in [7, 11) is -1.68. The monoisotopic (exact) mass is 409 g/mol. The van der Waals surface area contributed by atoms with Crippen molar-refractivity contribution in [2.24, 2.45) is 0 Å². The maximum atomic E-state index is 12.5. The minimum atomic E-state index is -3.10. The van der Waals surface area contributed by atoms with Gasteiger partial charge in [-0.3, -0.25) is 4.79 Å². The Bertz CT molecular complexity index is 890. The summed E-state index contributed by atoms with van der Waals surface area (Å²) in [6, 6.07) is 4.31.